The van der Waals surface area contributed by atoms with Gasteiger partial charge in [0.2, 0.25) is 0 Å². The molecule has 1 heterocycles. The Morgan fingerprint density at radius 3 is 2.76 bits per heavy atom. The zero-order chi connectivity index (χ0) is 14.7. The fraction of sp³-hybridized carbons (Fsp3) is 0.125. The topological polar surface area (TPSA) is 55.1 Å². The molecule has 0 spiro atoms. The molecule has 0 radical (unpaired) electrons. The van der Waals surface area contributed by atoms with E-state index in [4.69, 9.17) is 4.42 Å². The predicted octanol–water partition coefficient (Wildman–Crippen LogP) is 3.62. The summed E-state index contributed by atoms with van der Waals surface area (Å²) in [4.78, 5) is 16.4. The molecule has 0 aliphatic carbocycles. The zero-order valence-corrected chi connectivity index (χ0v) is 12.3. The molecule has 2 aromatic carbocycles. The van der Waals surface area contributed by atoms with Crippen LogP contribution in [0.4, 0.5) is 0 Å². The van der Waals surface area contributed by atoms with E-state index in [0.717, 1.165) is 16.7 Å². The second-order valence-corrected chi connectivity index (χ2v) is 5.48. The summed E-state index contributed by atoms with van der Waals surface area (Å²) < 4.78 is 5.58. The van der Waals surface area contributed by atoms with Crippen LogP contribution in [-0.4, -0.2) is 16.8 Å². The fourth-order valence-electron chi connectivity index (χ4n) is 2.00. The van der Waals surface area contributed by atoms with Crippen LogP contribution in [-0.2, 0) is 0 Å². The van der Waals surface area contributed by atoms with Gasteiger partial charge < -0.3 is 9.73 Å². The van der Waals surface area contributed by atoms with Crippen molar-refractivity contribution in [3.63, 3.8) is 0 Å². The van der Waals surface area contributed by atoms with Crippen molar-refractivity contribution in [2.75, 3.05) is 5.88 Å². The molecule has 0 atom stereocenters. The van der Waals surface area contributed by atoms with E-state index < -0.39 is 0 Å². The number of nitrogens with one attached hydrogen (secondary N) is 1. The number of oxazole rings is 1. The molecule has 1 aromatic heterocycles. The van der Waals surface area contributed by atoms with E-state index in [-0.39, 0.29) is 5.91 Å². The number of carbonyl (C=O) groups excluding carboxylic acids is 1. The summed E-state index contributed by atoms with van der Waals surface area (Å²) in [5.74, 6) is 0.330. The molecule has 3 rings (SSSR count). The van der Waals surface area contributed by atoms with Crippen molar-refractivity contribution < 1.29 is 9.21 Å². The van der Waals surface area contributed by atoms with Gasteiger partial charge in [0, 0.05) is 5.56 Å². The summed E-state index contributed by atoms with van der Waals surface area (Å²) >= 11 is 1.37. The number of carbonyl (C=O) groups is 1. The molecule has 1 N–H and O–H groups in total. The molecule has 0 aliphatic rings. The lowest BCUT2D eigenvalue weighted by Gasteiger charge is -2.05. The maximum atomic E-state index is 12.1. The Morgan fingerprint density at radius 2 is 1.95 bits per heavy atom. The van der Waals surface area contributed by atoms with Crippen molar-refractivity contribution in [1.82, 2.24) is 10.3 Å². The summed E-state index contributed by atoms with van der Waals surface area (Å²) in [5, 5.41) is 3.41. The lowest BCUT2D eigenvalue weighted by Crippen LogP contribution is -2.23. The summed E-state index contributed by atoms with van der Waals surface area (Å²) in [6.45, 7) is 1.92. The molecule has 0 saturated carbocycles. The van der Waals surface area contributed by atoms with Crippen molar-refractivity contribution in [2.45, 2.75) is 12.1 Å². The predicted molar refractivity (Wildman–Crippen MR) is 83.4 cm³/mol. The lowest BCUT2D eigenvalue weighted by molar-refractivity contribution is 0.0960. The van der Waals surface area contributed by atoms with Gasteiger partial charge in [-0.05, 0) is 42.4 Å². The number of aryl methyl sites for hydroxylation is 1. The van der Waals surface area contributed by atoms with Crippen molar-refractivity contribution in [1.29, 1.82) is 0 Å². The van der Waals surface area contributed by atoms with Crippen molar-refractivity contribution in [2.24, 2.45) is 0 Å². The van der Waals surface area contributed by atoms with Gasteiger partial charge in [-0.2, -0.15) is 0 Å². The van der Waals surface area contributed by atoms with Gasteiger partial charge in [0.05, 0.1) is 5.88 Å². The second-order valence-electron chi connectivity index (χ2n) is 4.56. The third-order valence-electron chi connectivity index (χ3n) is 3.09. The van der Waals surface area contributed by atoms with Crippen LogP contribution in [0.1, 0.15) is 15.9 Å². The average Bonchev–Trinajstić information content (AvgIpc) is 2.90. The van der Waals surface area contributed by atoms with E-state index in [2.05, 4.69) is 10.3 Å². The highest BCUT2D eigenvalue weighted by Crippen LogP contribution is 2.22. The smallest absolute Gasteiger partial charge is 0.258 e. The highest BCUT2D eigenvalue weighted by atomic mass is 32.2. The first-order valence-electron chi connectivity index (χ1n) is 6.56. The first-order chi connectivity index (χ1) is 10.2. The maximum absolute atomic E-state index is 12.1. The van der Waals surface area contributed by atoms with E-state index in [1.807, 2.05) is 55.5 Å². The molecule has 106 valence electrons. The van der Waals surface area contributed by atoms with Crippen LogP contribution in [0.2, 0.25) is 0 Å². The highest BCUT2D eigenvalue weighted by molar-refractivity contribution is 7.99. The highest BCUT2D eigenvalue weighted by Gasteiger charge is 2.09. The van der Waals surface area contributed by atoms with Gasteiger partial charge in [-0.25, -0.2) is 4.98 Å². The molecule has 3 aromatic rings. The molecule has 4 nitrogen and oxygen atoms in total. The molecule has 0 aliphatic heterocycles. The third-order valence-corrected chi connectivity index (χ3v) is 3.80. The summed E-state index contributed by atoms with van der Waals surface area (Å²) in [5.41, 5.74) is 3.23. The maximum Gasteiger partial charge on any atom is 0.258 e. The second kappa shape index (κ2) is 6.01. The number of rotatable bonds is 4. The number of benzene rings is 2. The van der Waals surface area contributed by atoms with Crippen molar-refractivity contribution in [3.05, 3.63) is 59.7 Å². The van der Waals surface area contributed by atoms with Gasteiger partial charge in [0.25, 0.3) is 11.1 Å². The molecular weight excluding hydrogens is 284 g/mol. The van der Waals surface area contributed by atoms with Crippen LogP contribution < -0.4 is 5.32 Å². The average molecular weight is 298 g/mol. The molecule has 0 fully saturated rings. The SMILES string of the molecule is Cc1ccccc1C(=O)NCSc1nc2ccccc2o1. The van der Waals surface area contributed by atoms with Gasteiger partial charge in [-0.3, -0.25) is 4.79 Å². The zero-order valence-electron chi connectivity index (χ0n) is 11.5. The Morgan fingerprint density at radius 1 is 1.19 bits per heavy atom. The van der Waals surface area contributed by atoms with E-state index in [1.165, 1.54) is 11.8 Å². The number of hydrogen-bond donors (Lipinski definition) is 1. The Bertz CT molecular complexity index is 750. The minimum Gasteiger partial charge on any atom is -0.431 e. The number of thioether (sulfide) groups is 1. The van der Waals surface area contributed by atoms with Gasteiger partial charge >= 0.3 is 0 Å². The number of aromatic nitrogens is 1. The largest absolute Gasteiger partial charge is 0.431 e. The Hall–Kier alpha value is -2.27. The first kappa shape index (κ1) is 13.7. The number of hydrogen-bond acceptors (Lipinski definition) is 4. The lowest BCUT2D eigenvalue weighted by atomic mass is 10.1. The number of para-hydroxylation sites is 2. The summed E-state index contributed by atoms with van der Waals surface area (Å²) in [6, 6.07) is 15.1. The van der Waals surface area contributed by atoms with Crippen LogP contribution in [0.3, 0.4) is 0 Å². The number of amides is 1. The van der Waals surface area contributed by atoms with Gasteiger partial charge in [-0.15, -0.1) is 0 Å². The minimum absolute atomic E-state index is 0.0864. The van der Waals surface area contributed by atoms with E-state index in [1.54, 1.807) is 0 Å². The molecule has 0 bridgehead atoms. The van der Waals surface area contributed by atoms with Crippen LogP contribution in [0, 0.1) is 6.92 Å². The number of nitrogens with zero attached hydrogens (tertiary/aromatic N) is 1. The van der Waals surface area contributed by atoms with Crippen LogP contribution in [0.15, 0.2) is 58.2 Å². The van der Waals surface area contributed by atoms with Gasteiger partial charge in [-0.1, -0.05) is 30.3 Å². The van der Waals surface area contributed by atoms with E-state index in [9.17, 15) is 4.79 Å². The Balaban J connectivity index is 1.61. The quantitative estimate of drug-likeness (QED) is 0.590. The first-order valence-corrected chi connectivity index (χ1v) is 7.55. The summed E-state index contributed by atoms with van der Waals surface area (Å²) in [6.07, 6.45) is 0. The Labute approximate surface area is 126 Å². The van der Waals surface area contributed by atoms with Crippen LogP contribution in [0.5, 0.6) is 0 Å². The van der Waals surface area contributed by atoms with Gasteiger partial charge in [0.15, 0.2) is 5.58 Å². The third kappa shape index (κ3) is 3.08. The molecular formula is C16H14N2O2S. The van der Waals surface area contributed by atoms with Crippen LogP contribution >= 0.6 is 11.8 Å². The molecule has 5 heteroatoms. The number of fused-ring (bicyclic) bond motifs is 1. The molecule has 1 amide bonds. The molecule has 0 saturated heterocycles. The van der Waals surface area contributed by atoms with E-state index >= 15 is 0 Å². The standard InChI is InChI=1S/C16H14N2O2S/c1-11-6-2-3-7-12(11)15(19)17-10-21-16-18-13-8-4-5-9-14(13)20-16/h2-9H,10H2,1H3,(H,17,19). The van der Waals surface area contributed by atoms with Crippen molar-refractivity contribution in [3.8, 4) is 0 Å². The Kier molecular flexibility index (Phi) is 3.92. The normalized spacial score (nSPS) is 10.7. The molecule has 0 unspecified atom stereocenters. The van der Waals surface area contributed by atoms with Crippen molar-refractivity contribution >= 4 is 28.8 Å². The van der Waals surface area contributed by atoms with E-state index in [0.29, 0.717) is 16.7 Å². The fourth-order valence-corrected chi connectivity index (χ4v) is 2.64. The van der Waals surface area contributed by atoms with Gasteiger partial charge in [0.1, 0.15) is 5.52 Å². The minimum atomic E-state index is -0.0864. The monoisotopic (exact) mass is 298 g/mol. The molecule has 21 heavy (non-hydrogen) atoms. The van der Waals surface area contributed by atoms with Crippen LogP contribution in [0.25, 0.3) is 11.1 Å². The summed E-state index contributed by atoms with van der Waals surface area (Å²) in [7, 11) is 0.